The number of thiazole rings is 1. The number of benzene rings is 3. The first kappa shape index (κ1) is 56.5. The molecule has 0 bridgehead atoms. The van der Waals surface area contributed by atoms with Crippen LogP contribution in [0.1, 0.15) is 96.6 Å². The van der Waals surface area contributed by atoms with E-state index in [1.165, 1.54) is 10.5 Å². The summed E-state index contributed by atoms with van der Waals surface area (Å²) in [5.74, 6) is 0.296. The molecule has 0 saturated carbocycles. The number of methoxy groups -OCH3 is 1. The van der Waals surface area contributed by atoms with Crippen LogP contribution < -0.4 is 30.7 Å². The Morgan fingerprint density at radius 3 is 2.31 bits per heavy atom. The summed E-state index contributed by atoms with van der Waals surface area (Å²) < 4.78 is 30.5. The second-order valence-electron chi connectivity index (χ2n) is 20.8. The lowest BCUT2D eigenvalue weighted by Gasteiger charge is -2.35. The molecule has 20 heteroatoms. The predicted molar refractivity (Wildman–Crippen MR) is 289 cm³/mol. The SMILES string of the molecule is COc1cc(C(=O)N[C@@H]2CCc3ccc(-c4cn5c(n4)CCC5)cc32)cc(OCCCNC(=O)COCCOCCOCC(=O)N[C@H](C(=O)N2C[C@H](O)C[C@H]2C(=O)NCc2ccc(-c3scnc3C)cc2)C(C)(C)C)c1C. The highest BCUT2D eigenvalue weighted by Gasteiger charge is 2.44. The molecule has 412 valence electrons. The number of aliphatic hydroxyl groups excluding tert-OH is 1. The topological polar surface area (TPSA) is 234 Å². The van der Waals surface area contributed by atoms with E-state index in [2.05, 4.69) is 55.2 Å². The molecule has 0 unspecified atom stereocenters. The molecule has 4 atom stereocenters. The van der Waals surface area contributed by atoms with Crippen LogP contribution >= 0.6 is 11.3 Å². The summed E-state index contributed by atoms with van der Waals surface area (Å²) in [5, 5.41) is 22.3. The average Bonchev–Trinajstić information content (AvgIpc) is 4.28. The maximum absolute atomic E-state index is 14.0. The van der Waals surface area contributed by atoms with Crippen LogP contribution in [0.3, 0.4) is 0 Å². The highest BCUT2D eigenvalue weighted by atomic mass is 32.1. The number of aromatic nitrogens is 3. The molecule has 5 N–H and O–H groups in total. The number of amides is 5. The van der Waals surface area contributed by atoms with E-state index in [0.29, 0.717) is 30.0 Å². The molecule has 19 nitrogen and oxygen atoms in total. The van der Waals surface area contributed by atoms with Crippen LogP contribution in [0.2, 0.25) is 0 Å². The molecular formula is C57H72N8O11S. The molecule has 1 saturated heterocycles. The Morgan fingerprint density at radius 2 is 1.60 bits per heavy atom. The highest BCUT2D eigenvalue weighted by Crippen LogP contribution is 2.36. The molecule has 1 fully saturated rings. The number of aliphatic hydroxyl groups is 1. The van der Waals surface area contributed by atoms with E-state index in [1.54, 1.807) is 36.1 Å². The molecule has 0 spiro atoms. The van der Waals surface area contributed by atoms with Crippen LogP contribution in [-0.4, -0.2) is 139 Å². The molecule has 3 aliphatic rings. The smallest absolute Gasteiger partial charge is 0.252 e. The molecule has 0 radical (unpaired) electrons. The Kier molecular flexibility index (Phi) is 19.1. The van der Waals surface area contributed by atoms with E-state index in [-0.39, 0.29) is 89.5 Å². The van der Waals surface area contributed by atoms with Crippen molar-refractivity contribution in [1.29, 1.82) is 0 Å². The molecule has 4 heterocycles. The molecular weight excluding hydrogens is 1000 g/mol. The van der Waals surface area contributed by atoms with E-state index in [4.69, 9.17) is 28.7 Å². The third-order valence-electron chi connectivity index (χ3n) is 14.1. The average molecular weight is 1080 g/mol. The van der Waals surface area contributed by atoms with Crippen LogP contribution in [0.15, 0.2) is 66.3 Å². The molecule has 77 heavy (non-hydrogen) atoms. The van der Waals surface area contributed by atoms with Gasteiger partial charge in [-0.3, -0.25) is 24.0 Å². The third kappa shape index (κ3) is 14.7. The fourth-order valence-corrected chi connectivity index (χ4v) is 10.7. The summed E-state index contributed by atoms with van der Waals surface area (Å²) in [7, 11) is 1.56. The highest BCUT2D eigenvalue weighted by molar-refractivity contribution is 7.13. The first-order valence-electron chi connectivity index (χ1n) is 26.4. The third-order valence-corrected chi connectivity index (χ3v) is 15.1. The van der Waals surface area contributed by atoms with Crippen molar-refractivity contribution in [2.45, 2.75) is 110 Å². The second kappa shape index (κ2) is 26.1. The lowest BCUT2D eigenvalue weighted by atomic mass is 9.85. The van der Waals surface area contributed by atoms with Gasteiger partial charge in [-0.15, -0.1) is 11.3 Å². The van der Waals surface area contributed by atoms with Gasteiger partial charge in [0.2, 0.25) is 23.6 Å². The van der Waals surface area contributed by atoms with Gasteiger partial charge in [0.25, 0.3) is 5.91 Å². The number of fused-ring (bicyclic) bond motifs is 2. The van der Waals surface area contributed by atoms with Crippen molar-refractivity contribution in [3.63, 3.8) is 0 Å². The predicted octanol–water partition coefficient (Wildman–Crippen LogP) is 5.41. The van der Waals surface area contributed by atoms with Crippen molar-refractivity contribution < 1.29 is 52.8 Å². The lowest BCUT2D eigenvalue weighted by molar-refractivity contribution is -0.144. The Labute approximate surface area is 453 Å². The summed E-state index contributed by atoms with van der Waals surface area (Å²) in [4.78, 5) is 78.2. The van der Waals surface area contributed by atoms with Gasteiger partial charge in [0.1, 0.15) is 42.6 Å². The molecule has 2 aliphatic heterocycles. The quantitative estimate of drug-likeness (QED) is 0.0461. The number of likely N-dealkylation sites (tertiary alicyclic amines) is 1. The minimum Gasteiger partial charge on any atom is -0.496 e. The van der Waals surface area contributed by atoms with Gasteiger partial charge in [0.05, 0.1) is 74.1 Å². The normalized spacial score (nSPS) is 17.1. The molecule has 3 aromatic carbocycles. The van der Waals surface area contributed by atoms with Gasteiger partial charge in [-0.2, -0.15) is 0 Å². The van der Waals surface area contributed by atoms with Crippen molar-refractivity contribution >= 4 is 40.9 Å². The number of nitrogens with zero attached hydrogens (tertiary/aromatic N) is 4. The zero-order valence-corrected chi connectivity index (χ0v) is 45.7. The second-order valence-corrected chi connectivity index (χ2v) is 21.7. The summed E-state index contributed by atoms with van der Waals surface area (Å²) in [6, 6.07) is 15.7. The van der Waals surface area contributed by atoms with Crippen LogP contribution in [-0.2, 0) is 59.3 Å². The maximum Gasteiger partial charge on any atom is 0.252 e. The van der Waals surface area contributed by atoms with Crippen LogP contribution in [0.4, 0.5) is 0 Å². The van der Waals surface area contributed by atoms with Gasteiger partial charge in [-0.25, -0.2) is 9.97 Å². The van der Waals surface area contributed by atoms with E-state index in [1.807, 2.05) is 58.9 Å². The van der Waals surface area contributed by atoms with Crippen molar-refractivity contribution in [3.8, 4) is 33.2 Å². The Hall–Kier alpha value is -6.71. The Bertz CT molecular complexity index is 2860. The number of aryl methyl sites for hydroxylation is 4. The Morgan fingerprint density at radius 1 is 0.870 bits per heavy atom. The van der Waals surface area contributed by atoms with Crippen LogP contribution in [0, 0.1) is 19.3 Å². The first-order valence-corrected chi connectivity index (χ1v) is 27.3. The van der Waals surface area contributed by atoms with Crippen LogP contribution in [0.25, 0.3) is 21.7 Å². The number of β-amino-alcohol motifs (C(OH)–C–C–N with tert-alkyl or cyclic N) is 1. The van der Waals surface area contributed by atoms with Gasteiger partial charge >= 0.3 is 0 Å². The molecule has 8 rings (SSSR count). The van der Waals surface area contributed by atoms with Gasteiger partial charge in [-0.1, -0.05) is 57.2 Å². The first-order chi connectivity index (χ1) is 37.1. The number of hydrogen-bond acceptors (Lipinski definition) is 14. The number of carbonyl (C=O) groups excluding carboxylic acids is 5. The van der Waals surface area contributed by atoms with Gasteiger partial charge in [0, 0.05) is 61.9 Å². The molecule has 5 aromatic rings. The summed E-state index contributed by atoms with van der Waals surface area (Å²) >= 11 is 1.56. The largest absolute Gasteiger partial charge is 0.496 e. The number of hydrogen-bond donors (Lipinski definition) is 5. The van der Waals surface area contributed by atoms with Gasteiger partial charge in [-0.05, 0) is 85.4 Å². The number of carbonyl (C=O) groups is 5. The van der Waals surface area contributed by atoms with E-state index >= 15 is 0 Å². The Balaban J connectivity index is 0.681. The van der Waals surface area contributed by atoms with Crippen molar-refractivity contribution in [2.75, 3.05) is 66.4 Å². The van der Waals surface area contributed by atoms with E-state index in [9.17, 15) is 29.1 Å². The number of imidazole rings is 1. The van der Waals surface area contributed by atoms with Crippen molar-refractivity contribution in [1.82, 2.24) is 40.7 Å². The monoisotopic (exact) mass is 1080 g/mol. The minimum atomic E-state index is -0.996. The summed E-state index contributed by atoms with van der Waals surface area (Å²) in [5.41, 5.74) is 9.51. The lowest BCUT2D eigenvalue weighted by Crippen LogP contribution is -2.58. The standard InChI is InChI=1S/C57H72N8O11S/c1-35-47(72-6)26-41(54(69)62-44-17-16-38-14-15-40(25-43(38)44)45-31-64-19-7-9-49(64)61-45)27-48(35)76-20-8-18-58-50(67)32-74-23-21-73-22-24-75-33-51(68)63-53(57(3,4)5)56(71)65-30-42(66)28-46(65)55(70)59-29-37-10-12-39(13-11-37)52-36(2)60-34-77-52/h10-15,25-27,31,34,42,44,46,53,66H,7-9,16-24,28-30,32-33H2,1-6H3,(H,58,67)(H,59,70)(H,62,69)(H,63,68)/t42-,44-,46+,53-/m1/s1. The zero-order chi connectivity index (χ0) is 54.6. The maximum atomic E-state index is 14.0. The molecule has 5 amide bonds. The van der Waals surface area contributed by atoms with Crippen LogP contribution in [0.5, 0.6) is 11.5 Å². The van der Waals surface area contributed by atoms with Gasteiger partial charge in [0.15, 0.2) is 0 Å². The number of nitrogens with one attached hydrogen (secondary N) is 4. The van der Waals surface area contributed by atoms with Crippen molar-refractivity contribution in [3.05, 3.63) is 106 Å². The summed E-state index contributed by atoms with van der Waals surface area (Å²) in [6.07, 6.45) is 5.63. The van der Waals surface area contributed by atoms with E-state index in [0.717, 1.165) is 82.1 Å². The number of rotatable bonds is 25. The number of ether oxygens (including phenoxy) is 5. The molecule has 2 aromatic heterocycles. The van der Waals surface area contributed by atoms with E-state index < -0.39 is 35.4 Å². The fraction of sp³-hybridized carbons (Fsp3) is 0.491. The van der Waals surface area contributed by atoms with Gasteiger partial charge < -0.3 is 59.5 Å². The summed E-state index contributed by atoms with van der Waals surface area (Å²) in [6.45, 7) is 11.2. The fourth-order valence-electron chi connectivity index (χ4n) is 9.89. The minimum absolute atomic E-state index is 0.0364. The molecule has 1 aliphatic carbocycles. The van der Waals surface area contributed by atoms with Crippen molar-refractivity contribution in [2.24, 2.45) is 5.41 Å². The zero-order valence-electron chi connectivity index (χ0n) is 44.9.